The highest BCUT2D eigenvalue weighted by Crippen LogP contribution is 2.48. The van der Waals surface area contributed by atoms with Crippen LogP contribution in [0.4, 0.5) is 0 Å². The minimum atomic E-state index is -3.64. The molecule has 2 rings (SSSR count). The Morgan fingerprint density at radius 3 is 2.45 bits per heavy atom. The number of nitrogens with zero attached hydrogens (tertiary/aromatic N) is 2. The summed E-state index contributed by atoms with van der Waals surface area (Å²) in [5, 5.41) is 3.89. The molecule has 9 heteroatoms. The molecule has 0 saturated heterocycles. The van der Waals surface area contributed by atoms with Gasteiger partial charge in [-0.05, 0) is 44.1 Å². The van der Waals surface area contributed by atoms with Crippen LogP contribution in [0.25, 0.3) is 10.9 Å². The molecule has 2 unspecified atom stereocenters. The van der Waals surface area contributed by atoms with Crippen LogP contribution in [-0.2, 0) is 25.0 Å². The van der Waals surface area contributed by atoms with Crippen LogP contribution in [-0.4, -0.2) is 63.2 Å². The minimum Gasteiger partial charge on any atom is -0.497 e. The van der Waals surface area contributed by atoms with Gasteiger partial charge in [-0.25, -0.2) is 9.65 Å². The molecule has 0 aliphatic carbocycles. The first-order chi connectivity index (χ1) is 13.7. The Bertz CT molecular complexity index is 894. The van der Waals surface area contributed by atoms with Crippen molar-refractivity contribution < 1.29 is 23.4 Å². The third-order valence-corrected chi connectivity index (χ3v) is 6.86. The number of hydrogen-bond donors (Lipinski definition) is 1. The Kier molecular flexibility index (Phi) is 7.88. The van der Waals surface area contributed by atoms with Crippen molar-refractivity contribution in [2.75, 3.05) is 42.0 Å². The van der Waals surface area contributed by atoms with Crippen LogP contribution < -0.4 is 9.82 Å². The maximum absolute atomic E-state index is 13.9. The largest absolute Gasteiger partial charge is 0.497 e. The van der Waals surface area contributed by atoms with Gasteiger partial charge in [0.25, 0.3) is 0 Å². The number of esters is 1. The lowest BCUT2D eigenvalue weighted by Crippen LogP contribution is -2.41. The second kappa shape index (κ2) is 9.76. The second-order valence-electron chi connectivity index (χ2n) is 7.51. The fourth-order valence-electron chi connectivity index (χ4n) is 3.13. The molecule has 0 amide bonds. The number of fused-ring (bicyclic) bond motifs is 1. The fraction of sp³-hybridized carbons (Fsp3) is 0.550. The Labute approximate surface area is 172 Å². The lowest BCUT2D eigenvalue weighted by atomic mass is 10.1. The number of likely N-dealkylation sites (N-methyl/N-ethyl adjacent to an activating group) is 1. The quantitative estimate of drug-likeness (QED) is 0.463. The number of carbonyl (C=O) groups excluding carboxylic acids is 1. The maximum atomic E-state index is 13.9. The van der Waals surface area contributed by atoms with E-state index in [0.717, 1.165) is 23.9 Å². The number of methoxy groups -OCH3 is 2. The molecule has 8 nitrogen and oxygen atoms in total. The zero-order chi connectivity index (χ0) is 21.8. The van der Waals surface area contributed by atoms with Gasteiger partial charge >= 0.3 is 13.6 Å². The van der Waals surface area contributed by atoms with Crippen LogP contribution in [0.3, 0.4) is 0 Å². The zero-order valence-corrected chi connectivity index (χ0v) is 19.2. The second-order valence-corrected chi connectivity index (χ2v) is 9.61. The highest BCUT2D eigenvalue weighted by atomic mass is 31.2. The molecule has 0 radical (unpaired) electrons. The molecule has 1 heterocycles. The standard InChI is InChI=1S/C20H32N3O5P/c1-14(2)19(20(24)27-6)21-29(25,28-7)23-13-15(10-11-22(3)4)17-9-8-16(26-5)12-18(17)23/h8-9,12-14,19H,10-11H2,1-7H3,(H,21,25). The third kappa shape index (κ3) is 5.20. The Balaban J connectivity index is 2.60. The summed E-state index contributed by atoms with van der Waals surface area (Å²) in [6, 6.07) is 4.88. The van der Waals surface area contributed by atoms with E-state index < -0.39 is 19.7 Å². The summed E-state index contributed by atoms with van der Waals surface area (Å²) in [5.74, 6) is 0.0155. The van der Waals surface area contributed by atoms with Gasteiger partial charge in [0.05, 0.1) is 19.7 Å². The molecule has 0 spiro atoms. The molecule has 0 aliphatic heterocycles. The van der Waals surface area contributed by atoms with E-state index >= 15 is 0 Å². The number of benzene rings is 1. The van der Waals surface area contributed by atoms with Gasteiger partial charge in [0, 0.05) is 31.3 Å². The molecule has 1 aromatic carbocycles. The smallest absolute Gasteiger partial charge is 0.373 e. The van der Waals surface area contributed by atoms with Crippen molar-refractivity contribution >= 4 is 24.5 Å². The van der Waals surface area contributed by atoms with E-state index in [4.69, 9.17) is 14.0 Å². The zero-order valence-electron chi connectivity index (χ0n) is 18.3. The fourth-order valence-corrected chi connectivity index (χ4v) is 5.03. The van der Waals surface area contributed by atoms with Crippen LogP contribution in [0.1, 0.15) is 19.4 Å². The first kappa shape index (κ1) is 23.4. The molecule has 0 aliphatic rings. The van der Waals surface area contributed by atoms with Crippen LogP contribution in [0, 0.1) is 5.92 Å². The molecule has 2 aromatic rings. The summed E-state index contributed by atoms with van der Waals surface area (Å²) in [6.45, 7) is 4.55. The summed E-state index contributed by atoms with van der Waals surface area (Å²) in [5.41, 5.74) is 1.75. The van der Waals surface area contributed by atoms with E-state index in [0.29, 0.717) is 11.3 Å². The molecular formula is C20H32N3O5P. The van der Waals surface area contributed by atoms with Gasteiger partial charge in [-0.3, -0.25) is 9.13 Å². The van der Waals surface area contributed by atoms with E-state index in [1.54, 1.807) is 11.4 Å². The molecule has 1 aromatic heterocycles. The van der Waals surface area contributed by atoms with Crippen molar-refractivity contribution in [3.63, 3.8) is 0 Å². The van der Waals surface area contributed by atoms with Gasteiger partial charge in [0.15, 0.2) is 0 Å². The monoisotopic (exact) mass is 425 g/mol. The predicted octanol–water partition coefficient (Wildman–Crippen LogP) is 3.14. The van der Waals surface area contributed by atoms with Gasteiger partial charge < -0.3 is 18.9 Å². The van der Waals surface area contributed by atoms with E-state index in [-0.39, 0.29) is 5.92 Å². The van der Waals surface area contributed by atoms with Gasteiger partial charge in [-0.15, -0.1) is 0 Å². The minimum absolute atomic E-state index is 0.143. The Morgan fingerprint density at radius 1 is 1.24 bits per heavy atom. The predicted molar refractivity (Wildman–Crippen MR) is 115 cm³/mol. The average molecular weight is 425 g/mol. The highest BCUT2D eigenvalue weighted by Gasteiger charge is 2.35. The lowest BCUT2D eigenvalue weighted by Gasteiger charge is -2.26. The van der Waals surface area contributed by atoms with Gasteiger partial charge in [0.2, 0.25) is 0 Å². The summed E-state index contributed by atoms with van der Waals surface area (Å²) in [6.07, 6.45) is 2.61. The topological polar surface area (TPSA) is 82.0 Å². The average Bonchev–Trinajstić information content (AvgIpc) is 3.07. The van der Waals surface area contributed by atoms with Gasteiger partial charge in [-0.1, -0.05) is 13.8 Å². The highest BCUT2D eigenvalue weighted by molar-refractivity contribution is 7.55. The summed E-state index contributed by atoms with van der Waals surface area (Å²) in [4.78, 5) is 14.3. The first-order valence-corrected chi connectivity index (χ1v) is 11.1. The van der Waals surface area contributed by atoms with Crippen molar-refractivity contribution in [1.82, 2.24) is 14.3 Å². The molecule has 162 valence electrons. The molecule has 0 bridgehead atoms. The SMILES string of the molecule is COC(=O)C(NP(=O)(OC)n1cc(CCN(C)C)c2ccc(OC)cc21)C(C)C. The molecule has 0 saturated carbocycles. The van der Waals surface area contributed by atoms with Crippen molar-refractivity contribution in [3.05, 3.63) is 30.0 Å². The number of aromatic nitrogens is 1. The van der Waals surface area contributed by atoms with Crippen LogP contribution >= 0.6 is 7.67 Å². The summed E-state index contributed by atoms with van der Waals surface area (Å²) in [7, 11) is 4.65. The number of ether oxygens (including phenoxy) is 2. The number of hydrogen-bond acceptors (Lipinski definition) is 6. The van der Waals surface area contributed by atoms with Crippen LogP contribution in [0.2, 0.25) is 0 Å². The van der Waals surface area contributed by atoms with E-state index in [2.05, 4.69) is 9.99 Å². The van der Waals surface area contributed by atoms with Crippen LogP contribution in [0.15, 0.2) is 24.4 Å². The van der Waals surface area contributed by atoms with E-state index in [9.17, 15) is 9.36 Å². The Morgan fingerprint density at radius 2 is 1.93 bits per heavy atom. The molecule has 0 fully saturated rings. The molecule has 1 N–H and O–H groups in total. The molecular weight excluding hydrogens is 393 g/mol. The molecule has 29 heavy (non-hydrogen) atoms. The first-order valence-electron chi connectivity index (χ1n) is 9.51. The maximum Gasteiger partial charge on any atom is 0.373 e. The van der Waals surface area contributed by atoms with Crippen molar-refractivity contribution in [2.24, 2.45) is 5.92 Å². The number of carbonyl (C=O) groups is 1. The van der Waals surface area contributed by atoms with E-state index in [1.165, 1.54) is 14.2 Å². The van der Waals surface area contributed by atoms with Crippen molar-refractivity contribution in [2.45, 2.75) is 26.3 Å². The van der Waals surface area contributed by atoms with Gasteiger partial charge in [0.1, 0.15) is 11.8 Å². The molecule has 2 atom stereocenters. The lowest BCUT2D eigenvalue weighted by molar-refractivity contribution is -0.143. The number of nitrogens with one attached hydrogen (secondary N) is 1. The van der Waals surface area contributed by atoms with Crippen molar-refractivity contribution in [3.8, 4) is 5.75 Å². The van der Waals surface area contributed by atoms with E-state index in [1.807, 2.05) is 52.3 Å². The Hall–Kier alpha value is -1.86. The summed E-state index contributed by atoms with van der Waals surface area (Å²) < 4.78 is 31.2. The van der Waals surface area contributed by atoms with Gasteiger partial charge in [-0.2, -0.15) is 0 Å². The third-order valence-electron chi connectivity index (χ3n) is 4.86. The normalized spacial score (nSPS) is 14.9. The van der Waals surface area contributed by atoms with Crippen LogP contribution in [0.5, 0.6) is 5.75 Å². The van der Waals surface area contributed by atoms with Crippen molar-refractivity contribution in [1.29, 1.82) is 0 Å². The number of rotatable bonds is 10. The summed E-state index contributed by atoms with van der Waals surface area (Å²) >= 11 is 0.